The largest absolute Gasteiger partial charge is 0.496 e. The number of rotatable bonds is 17. The molecule has 7 rings (SSSR count). The number of para-hydroxylation sites is 1. The van der Waals surface area contributed by atoms with Crippen molar-refractivity contribution < 1.29 is 34.2 Å². The summed E-state index contributed by atoms with van der Waals surface area (Å²) in [4.78, 5) is 51.3. The van der Waals surface area contributed by atoms with Gasteiger partial charge in [-0.25, -0.2) is 0 Å². The Labute approximate surface area is 355 Å². The fourth-order valence-corrected chi connectivity index (χ4v) is 10.1. The molecule has 13 heteroatoms. The van der Waals surface area contributed by atoms with Crippen LogP contribution in [0, 0.1) is 29.1 Å². The molecule has 3 aromatic rings. The molecule has 3 aliphatic carbocycles. The number of anilines is 1. The monoisotopic (exact) mass is 826 g/mol. The van der Waals surface area contributed by atoms with Crippen LogP contribution in [0.1, 0.15) is 62.0 Å². The Kier molecular flexibility index (Phi) is 14.3. The highest BCUT2D eigenvalue weighted by atomic mass is 16.7. The van der Waals surface area contributed by atoms with E-state index in [-0.39, 0.29) is 54.9 Å². The third-order valence-electron chi connectivity index (χ3n) is 13.5. The fraction of sp³-hybridized carbons (Fsp3) is 0.553. The van der Waals surface area contributed by atoms with E-state index in [9.17, 15) is 24.6 Å². The van der Waals surface area contributed by atoms with Crippen LogP contribution in [0.5, 0.6) is 5.75 Å². The fourth-order valence-electron chi connectivity index (χ4n) is 10.1. The van der Waals surface area contributed by atoms with Crippen LogP contribution in [0.4, 0.5) is 5.69 Å². The number of carbonyl (C=O) groups is 3. The van der Waals surface area contributed by atoms with Gasteiger partial charge in [-0.2, -0.15) is 5.06 Å². The van der Waals surface area contributed by atoms with E-state index in [0.29, 0.717) is 64.4 Å². The predicted octanol–water partition coefficient (Wildman–Crippen LogP) is 4.11. The zero-order valence-electron chi connectivity index (χ0n) is 36.8. The zero-order valence-corrected chi connectivity index (χ0v) is 36.8. The molecule has 13 nitrogen and oxygen atoms in total. The molecule has 1 aliphatic heterocycles. The summed E-state index contributed by atoms with van der Waals surface area (Å²) in [7, 11) is 8.92. The molecule has 60 heavy (non-hydrogen) atoms. The summed E-state index contributed by atoms with van der Waals surface area (Å²) in [6.07, 6.45) is 1.01. The number of methoxy groups -OCH3 is 1. The topological polar surface area (TPSA) is 156 Å². The molecule has 1 heterocycles. The van der Waals surface area contributed by atoms with E-state index in [0.717, 1.165) is 12.0 Å². The summed E-state index contributed by atoms with van der Waals surface area (Å²) in [6.45, 7) is 8.96. The van der Waals surface area contributed by atoms with Gasteiger partial charge in [-0.05, 0) is 92.8 Å². The minimum Gasteiger partial charge on any atom is -0.496 e. The number of nitrogens with one attached hydrogen (secondary N) is 3. The summed E-state index contributed by atoms with van der Waals surface area (Å²) in [5.41, 5.74) is 4.53. The Hall–Kier alpha value is -4.53. The van der Waals surface area contributed by atoms with Crippen molar-refractivity contribution in [3.05, 3.63) is 83.4 Å². The number of aliphatic hydroxyl groups is 2. The SMILES string of the molecule is CNC(=O)CN(C)c1cc(C(=O)N[C@@H](Cc2ccccc2)CN(C)C)cc(-c2cccc(CN3O[C@@H](CO)[C@@H]([C@H](C)O)[C@H]3C(=O)N[C@H]3C[C@@H]4C[C@H]([C@@H]3C)C4(C)C)c2OC)c1. The molecule has 3 aromatic carbocycles. The van der Waals surface area contributed by atoms with Crippen molar-refractivity contribution in [2.45, 2.75) is 83.8 Å². The van der Waals surface area contributed by atoms with Crippen LogP contribution < -0.4 is 25.6 Å². The van der Waals surface area contributed by atoms with Crippen LogP contribution in [-0.2, 0) is 27.4 Å². The molecule has 326 valence electrons. The van der Waals surface area contributed by atoms with Crippen molar-refractivity contribution in [2.75, 3.05) is 59.9 Å². The molecule has 0 unspecified atom stereocenters. The number of benzene rings is 3. The van der Waals surface area contributed by atoms with Gasteiger partial charge in [0.2, 0.25) is 11.8 Å². The van der Waals surface area contributed by atoms with E-state index in [1.54, 1.807) is 44.2 Å². The Morgan fingerprint density at radius 2 is 1.77 bits per heavy atom. The van der Waals surface area contributed by atoms with Gasteiger partial charge in [-0.1, -0.05) is 69.3 Å². The van der Waals surface area contributed by atoms with E-state index in [1.165, 1.54) is 6.42 Å². The lowest BCUT2D eigenvalue weighted by molar-refractivity contribution is -0.183. The number of hydrogen-bond donors (Lipinski definition) is 5. The molecule has 4 aliphatic rings. The molecule has 0 aromatic heterocycles. The summed E-state index contributed by atoms with van der Waals surface area (Å²) < 4.78 is 6.13. The standard InChI is InChI=1S/C47H66N6O7/c1-28-38-22-34(47(38,3)4)23-39(28)50-46(58)43-42(29(2)55)40(27-54)60-53(43)24-31-16-13-17-37(44(31)59-9)32-19-33(21-36(20-32)52(8)26-41(56)48-5)45(57)49-35(25-51(6)7)18-30-14-11-10-12-15-30/h10-17,19-21,28-29,34-35,38-40,42-43,54-55H,18,22-27H2,1-9H3,(H,48,56)(H,49,57)(H,50,58)/t28-,29-,34-,35-,38+,39-,40-,42+,43-/m0/s1. The molecule has 3 saturated carbocycles. The number of aliphatic hydroxyl groups excluding tert-OH is 2. The Morgan fingerprint density at radius 3 is 2.38 bits per heavy atom. The first-order chi connectivity index (χ1) is 28.6. The maximum atomic E-state index is 14.4. The Bertz CT molecular complexity index is 1970. The van der Waals surface area contributed by atoms with Crippen LogP contribution in [0.15, 0.2) is 66.7 Å². The lowest BCUT2D eigenvalue weighted by Gasteiger charge is -2.62. The second-order valence-electron chi connectivity index (χ2n) is 18.2. The molecule has 4 fully saturated rings. The average molecular weight is 827 g/mol. The number of carbonyl (C=O) groups excluding carboxylic acids is 3. The van der Waals surface area contributed by atoms with E-state index >= 15 is 0 Å². The van der Waals surface area contributed by atoms with Crippen LogP contribution in [-0.4, -0.2) is 123 Å². The van der Waals surface area contributed by atoms with Crippen molar-refractivity contribution in [1.82, 2.24) is 25.9 Å². The number of fused-ring (bicyclic) bond motifs is 2. The van der Waals surface area contributed by atoms with E-state index in [2.05, 4.69) is 48.9 Å². The zero-order chi connectivity index (χ0) is 43.5. The maximum Gasteiger partial charge on any atom is 0.251 e. The van der Waals surface area contributed by atoms with Gasteiger partial charge >= 0.3 is 0 Å². The molecule has 5 N–H and O–H groups in total. The second kappa shape index (κ2) is 19.0. The van der Waals surface area contributed by atoms with Crippen LogP contribution in [0.3, 0.4) is 0 Å². The quantitative estimate of drug-likeness (QED) is 0.134. The van der Waals surface area contributed by atoms with Crippen molar-refractivity contribution >= 4 is 23.4 Å². The third kappa shape index (κ3) is 9.66. The van der Waals surface area contributed by atoms with Gasteiger partial charge in [0.05, 0.1) is 32.9 Å². The average Bonchev–Trinajstić information content (AvgIpc) is 3.59. The Morgan fingerprint density at radius 1 is 1.03 bits per heavy atom. The smallest absolute Gasteiger partial charge is 0.251 e. The van der Waals surface area contributed by atoms with Gasteiger partial charge in [-0.3, -0.25) is 19.2 Å². The minimum atomic E-state index is -0.934. The van der Waals surface area contributed by atoms with E-state index in [1.807, 2.05) is 67.5 Å². The molecule has 2 bridgehead atoms. The molecular weight excluding hydrogens is 761 g/mol. The summed E-state index contributed by atoms with van der Waals surface area (Å²) >= 11 is 0. The molecule has 0 radical (unpaired) electrons. The Balaban J connectivity index is 1.32. The first kappa shape index (κ1) is 45.0. The number of hydroxylamine groups is 2. The number of amides is 3. The third-order valence-corrected chi connectivity index (χ3v) is 13.5. The first-order valence-electron chi connectivity index (χ1n) is 21.3. The maximum absolute atomic E-state index is 14.4. The van der Waals surface area contributed by atoms with Crippen molar-refractivity contribution in [3.8, 4) is 16.9 Å². The van der Waals surface area contributed by atoms with Gasteiger partial charge in [0.1, 0.15) is 17.9 Å². The summed E-state index contributed by atoms with van der Waals surface area (Å²) in [5.74, 6) is 0.554. The van der Waals surface area contributed by atoms with E-state index < -0.39 is 24.2 Å². The number of hydrogen-bond acceptors (Lipinski definition) is 10. The lowest BCUT2D eigenvalue weighted by Crippen LogP contribution is -2.62. The normalized spacial score (nSPS) is 25.5. The molecule has 9 atom stereocenters. The minimum absolute atomic E-state index is 0.00789. The highest BCUT2D eigenvalue weighted by Gasteiger charge is 2.57. The van der Waals surface area contributed by atoms with Gasteiger partial charge in [0, 0.05) is 61.0 Å². The molecule has 0 spiro atoms. The first-order valence-corrected chi connectivity index (χ1v) is 21.3. The molecule has 3 amide bonds. The lowest BCUT2D eigenvalue weighted by atomic mass is 9.45. The van der Waals surface area contributed by atoms with Crippen molar-refractivity contribution in [1.29, 1.82) is 0 Å². The number of likely N-dealkylation sites (N-methyl/N-ethyl adjacent to an activating group) is 3. The van der Waals surface area contributed by atoms with Crippen molar-refractivity contribution in [3.63, 3.8) is 0 Å². The highest BCUT2D eigenvalue weighted by molar-refractivity contribution is 5.97. The van der Waals surface area contributed by atoms with Gasteiger partial charge in [-0.15, -0.1) is 0 Å². The van der Waals surface area contributed by atoms with Gasteiger partial charge < -0.3 is 40.7 Å². The number of nitrogens with zero attached hydrogens (tertiary/aromatic N) is 3. The van der Waals surface area contributed by atoms with Gasteiger partial charge in [0.25, 0.3) is 5.91 Å². The second-order valence-corrected chi connectivity index (χ2v) is 18.2. The highest BCUT2D eigenvalue weighted by Crippen LogP contribution is 2.61. The number of ether oxygens (including phenoxy) is 1. The van der Waals surface area contributed by atoms with Crippen molar-refractivity contribution in [2.24, 2.45) is 29.1 Å². The van der Waals surface area contributed by atoms with Crippen LogP contribution in [0.2, 0.25) is 0 Å². The van der Waals surface area contributed by atoms with Crippen LogP contribution in [0.25, 0.3) is 11.1 Å². The molecular formula is C47H66N6O7. The van der Waals surface area contributed by atoms with Crippen LogP contribution >= 0.6 is 0 Å². The van der Waals surface area contributed by atoms with E-state index in [4.69, 9.17) is 9.57 Å². The molecule has 1 saturated heterocycles. The predicted molar refractivity (Wildman–Crippen MR) is 233 cm³/mol. The van der Waals surface area contributed by atoms with Gasteiger partial charge in [0.15, 0.2) is 0 Å². The summed E-state index contributed by atoms with van der Waals surface area (Å²) in [6, 6.07) is 20.2. The summed E-state index contributed by atoms with van der Waals surface area (Å²) in [5, 5.41) is 32.3.